The van der Waals surface area contributed by atoms with Crippen LogP contribution in [0.15, 0.2) is 18.2 Å². The zero-order chi connectivity index (χ0) is 9.14. The Morgan fingerprint density at radius 3 is 2.08 bits per heavy atom. The highest BCUT2D eigenvalue weighted by molar-refractivity contribution is 6.34. The predicted molar refractivity (Wildman–Crippen MR) is 52.1 cm³/mol. The lowest BCUT2D eigenvalue weighted by molar-refractivity contribution is 0.202. The van der Waals surface area contributed by atoms with Gasteiger partial charge in [-0.2, -0.15) is 0 Å². The number of hydrogen-bond acceptors (Lipinski definition) is 1. The summed E-state index contributed by atoms with van der Waals surface area (Å²) in [5, 5.41) is 10.3. The maximum absolute atomic E-state index is 9.33. The Morgan fingerprint density at radius 2 is 1.67 bits per heavy atom. The Bertz CT molecular complexity index is 255. The number of halogens is 3. The lowest BCUT2D eigenvalue weighted by atomic mass is 10.1. The Hall–Kier alpha value is 0.0500. The van der Waals surface area contributed by atoms with Crippen LogP contribution in [0.5, 0.6) is 0 Å². The van der Waals surface area contributed by atoms with Crippen LogP contribution in [-0.4, -0.2) is 11.0 Å². The summed E-state index contributed by atoms with van der Waals surface area (Å²) in [4.78, 5) is 0. The lowest BCUT2D eigenvalue weighted by Gasteiger charge is -2.07. The van der Waals surface area contributed by atoms with Crippen LogP contribution in [0, 0.1) is 0 Å². The summed E-state index contributed by atoms with van der Waals surface area (Å²) in [6.45, 7) is 0. The first-order valence-electron chi connectivity index (χ1n) is 3.33. The topological polar surface area (TPSA) is 20.2 Å². The third-order valence-electron chi connectivity index (χ3n) is 1.42. The van der Waals surface area contributed by atoms with Crippen LogP contribution in [0.25, 0.3) is 0 Å². The molecular weight excluding hydrogens is 218 g/mol. The Kier molecular flexibility index (Phi) is 3.66. The molecule has 0 aliphatic rings. The fraction of sp³-hybridized carbons (Fsp3) is 0.250. The molecule has 1 aromatic carbocycles. The second-order valence-electron chi connectivity index (χ2n) is 2.37. The van der Waals surface area contributed by atoms with Crippen LogP contribution in [-0.2, 0) is 0 Å². The van der Waals surface area contributed by atoms with E-state index in [1.165, 1.54) is 0 Å². The zero-order valence-corrected chi connectivity index (χ0v) is 8.37. The van der Waals surface area contributed by atoms with Gasteiger partial charge in [0, 0.05) is 10.0 Å². The molecule has 0 unspecified atom stereocenters. The highest BCUT2D eigenvalue weighted by Crippen LogP contribution is 2.23. The van der Waals surface area contributed by atoms with Crippen LogP contribution in [0.4, 0.5) is 0 Å². The SMILES string of the molecule is O[C@H](CCl)c1cc(Cl)cc(Cl)c1. The number of rotatable bonds is 2. The van der Waals surface area contributed by atoms with E-state index in [0.29, 0.717) is 15.6 Å². The standard InChI is InChI=1S/C8H7Cl3O/c9-4-8(12)5-1-6(10)3-7(11)2-5/h1-3,8,12H,4H2/t8-/m1/s1. The number of hydrogen-bond donors (Lipinski definition) is 1. The molecule has 0 spiro atoms. The Morgan fingerprint density at radius 1 is 1.17 bits per heavy atom. The summed E-state index contributed by atoms with van der Waals surface area (Å²) in [5.41, 5.74) is 0.641. The van der Waals surface area contributed by atoms with E-state index in [1.54, 1.807) is 18.2 Å². The molecule has 1 rings (SSSR count). The van der Waals surface area contributed by atoms with Crippen molar-refractivity contribution in [3.63, 3.8) is 0 Å². The molecule has 1 atom stereocenters. The third kappa shape index (κ3) is 2.53. The highest BCUT2D eigenvalue weighted by Gasteiger charge is 2.07. The minimum atomic E-state index is -0.706. The minimum Gasteiger partial charge on any atom is -0.387 e. The molecule has 0 heterocycles. The molecule has 1 nitrogen and oxygen atoms in total. The average molecular weight is 226 g/mol. The van der Waals surface area contributed by atoms with Gasteiger partial charge in [0.15, 0.2) is 0 Å². The summed E-state index contributed by atoms with van der Waals surface area (Å²) in [7, 11) is 0. The molecule has 0 bridgehead atoms. The molecule has 12 heavy (non-hydrogen) atoms. The lowest BCUT2D eigenvalue weighted by Crippen LogP contribution is -1.97. The molecular formula is C8H7Cl3O. The largest absolute Gasteiger partial charge is 0.387 e. The summed E-state index contributed by atoms with van der Waals surface area (Å²) >= 11 is 16.9. The maximum atomic E-state index is 9.33. The molecule has 0 radical (unpaired) electrons. The van der Waals surface area contributed by atoms with E-state index in [-0.39, 0.29) is 5.88 Å². The van der Waals surface area contributed by atoms with Gasteiger partial charge < -0.3 is 5.11 Å². The van der Waals surface area contributed by atoms with E-state index in [1.807, 2.05) is 0 Å². The molecule has 66 valence electrons. The molecule has 1 aromatic rings. The van der Waals surface area contributed by atoms with Gasteiger partial charge in [-0.3, -0.25) is 0 Å². The first-order valence-corrected chi connectivity index (χ1v) is 4.62. The summed E-state index contributed by atoms with van der Waals surface area (Å²) < 4.78 is 0. The quantitative estimate of drug-likeness (QED) is 0.766. The van der Waals surface area contributed by atoms with Crippen molar-refractivity contribution < 1.29 is 5.11 Å². The normalized spacial score (nSPS) is 13.0. The van der Waals surface area contributed by atoms with Gasteiger partial charge in [0.2, 0.25) is 0 Å². The van der Waals surface area contributed by atoms with Gasteiger partial charge in [0.1, 0.15) is 0 Å². The van der Waals surface area contributed by atoms with E-state index in [9.17, 15) is 5.11 Å². The van der Waals surface area contributed by atoms with Crippen molar-refractivity contribution in [1.82, 2.24) is 0 Å². The van der Waals surface area contributed by atoms with Crippen molar-refractivity contribution in [1.29, 1.82) is 0 Å². The van der Waals surface area contributed by atoms with Gasteiger partial charge in [-0.1, -0.05) is 23.2 Å². The van der Waals surface area contributed by atoms with E-state index in [0.717, 1.165) is 0 Å². The fourth-order valence-corrected chi connectivity index (χ4v) is 1.58. The second kappa shape index (κ2) is 4.33. The minimum absolute atomic E-state index is 0.136. The monoisotopic (exact) mass is 224 g/mol. The number of aliphatic hydroxyl groups is 1. The van der Waals surface area contributed by atoms with Crippen LogP contribution in [0.3, 0.4) is 0 Å². The molecule has 0 amide bonds. The van der Waals surface area contributed by atoms with Gasteiger partial charge in [0.25, 0.3) is 0 Å². The molecule has 1 N–H and O–H groups in total. The summed E-state index contributed by atoms with van der Waals surface area (Å²) in [6.07, 6.45) is -0.706. The second-order valence-corrected chi connectivity index (χ2v) is 3.55. The zero-order valence-electron chi connectivity index (χ0n) is 6.10. The molecule has 0 aliphatic heterocycles. The Balaban J connectivity index is 3.00. The average Bonchev–Trinajstić information content (AvgIpc) is 2.01. The van der Waals surface area contributed by atoms with Crippen LogP contribution in [0.2, 0.25) is 10.0 Å². The van der Waals surface area contributed by atoms with Crippen LogP contribution >= 0.6 is 34.8 Å². The first-order chi connectivity index (χ1) is 5.63. The molecule has 4 heteroatoms. The van der Waals surface area contributed by atoms with Crippen molar-refractivity contribution in [2.45, 2.75) is 6.10 Å². The fourth-order valence-electron chi connectivity index (χ4n) is 0.857. The van der Waals surface area contributed by atoms with Gasteiger partial charge >= 0.3 is 0 Å². The van der Waals surface area contributed by atoms with Gasteiger partial charge in [-0.15, -0.1) is 11.6 Å². The van der Waals surface area contributed by atoms with Gasteiger partial charge in [-0.25, -0.2) is 0 Å². The highest BCUT2D eigenvalue weighted by atomic mass is 35.5. The van der Waals surface area contributed by atoms with Crippen molar-refractivity contribution in [3.8, 4) is 0 Å². The van der Waals surface area contributed by atoms with E-state index in [4.69, 9.17) is 34.8 Å². The molecule has 0 aromatic heterocycles. The van der Waals surface area contributed by atoms with Gasteiger partial charge in [0.05, 0.1) is 12.0 Å². The van der Waals surface area contributed by atoms with Crippen LogP contribution < -0.4 is 0 Å². The number of benzene rings is 1. The molecule has 0 aliphatic carbocycles. The first kappa shape index (κ1) is 10.1. The molecule has 0 saturated carbocycles. The number of alkyl halides is 1. The van der Waals surface area contributed by atoms with E-state index in [2.05, 4.69) is 0 Å². The van der Waals surface area contributed by atoms with Gasteiger partial charge in [-0.05, 0) is 23.8 Å². The van der Waals surface area contributed by atoms with Crippen molar-refractivity contribution in [3.05, 3.63) is 33.8 Å². The maximum Gasteiger partial charge on any atom is 0.0926 e. The van der Waals surface area contributed by atoms with Crippen molar-refractivity contribution in [2.75, 3.05) is 5.88 Å². The van der Waals surface area contributed by atoms with E-state index < -0.39 is 6.10 Å². The number of aliphatic hydroxyl groups excluding tert-OH is 1. The molecule has 0 fully saturated rings. The van der Waals surface area contributed by atoms with E-state index >= 15 is 0 Å². The van der Waals surface area contributed by atoms with Crippen molar-refractivity contribution >= 4 is 34.8 Å². The predicted octanol–water partition coefficient (Wildman–Crippen LogP) is 3.27. The third-order valence-corrected chi connectivity index (χ3v) is 2.14. The van der Waals surface area contributed by atoms with Crippen molar-refractivity contribution in [2.24, 2.45) is 0 Å². The Labute approximate surface area is 85.9 Å². The van der Waals surface area contributed by atoms with Crippen LogP contribution in [0.1, 0.15) is 11.7 Å². The molecule has 0 saturated heterocycles. The summed E-state index contributed by atoms with van der Waals surface area (Å²) in [5.74, 6) is 0.136. The summed E-state index contributed by atoms with van der Waals surface area (Å²) in [6, 6.07) is 4.88. The smallest absolute Gasteiger partial charge is 0.0926 e.